The van der Waals surface area contributed by atoms with Crippen LogP contribution in [0.5, 0.6) is 11.5 Å². The van der Waals surface area contributed by atoms with Gasteiger partial charge in [0, 0.05) is 20.3 Å². The molecule has 3 rings (SSSR count). The quantitative estimate of drug-likeness (QED) is 0.716. The summed E-state index contributed by atoms with van der Waals surface area (Å²) in [5.41, 5.74) is 12.6. The number of aromatic nitrogens is 1. The minimum atomic E-state index is -0.591. The van der Waals surface area contributed by atoms with Crippen LogP contribution in [0.15, 0.2) is 36.5 Å². The maximum absolute atomic E-state index is 11.8. The van der Waals surface area contributed by atoms with E-state index in [1.807, 2.05) is 12.1 Å². The van der Waals surface area contributed by atoms with Gasteiger partial charge in [-0.2, -0.15) is 0 Å². The zero-order chi connectivity index (χ0) is 18.8. The highest BCUT2D eigenvalue weighted by Gasteiger charge is 2.18. The summed E-state index contributed by atoms with van der Waals surface area (Å²) >= 11 is 1.14. The Balaban J connectivity index is 1.87. The lowest BCUT2D eigenvalue weighted by atomic mass is 10.1. The second kappa shape index (κ2) is 7.01. The first-order chi connectivity index (χ1) is 12.4. The van der Waals surface area contributed by atoms with Crippen LogP contribution in [-0.2, 0) is 11.2 Å². The molecule has 3 aromatic rings. The summed E-state index contributed by atoms with van der Waals surface area (Å²) in [5, 5.41) is 0.568. The number of amides is 2. The van der Waals surface area contributed by atoms with Crippen molar-refractivity contribution in [3.05, 3.63) is 47.0 Å². The number of ether oxygens (including phenoxy) is 1. The number of nitrogens with two attached hydrogens (primary N) is 2. The standard InChI is InChI=1S/C18H18N4O3S/c1-22(2)13(23)9-10-3-5-11(6-4-10)25-12-7-8-21-18-14(12)15(19)16(26-18)17(20)24/h3-8H,9,19H2,1-2H3,(H2,20,24). The molecule has 2 aromatic heterocycles. The SMILES string of the molecule is CN(C)C(=O)Cc1ccc(Oc2ccnc3sc(C(N)=O)c(N)c23)cc1. The van der Waals surface area contributed by atoms with Gasteiger partial charge in [-0.1, -0.05) is 12.1 Å². The maximum Gasteiger partial charge on any atom is 0.260 e. The lowest BCUT2D eigenvalue weighted by Crippen LogP contribution is -2.23. The van der Waals surface area contributed by atoms with Crippen molar-refractivity contribution in [2.45, 2.75) is 6.42 Å². The third-order valence-corrected chi connectivity index (χ3v) is 4.95. The highest BCUT2D eigenvalue weighted by molar-refractivity contribution is 7.21. The van der Waals surface area contributed by atoms with Crippen LogP contribution in [0.3, 0.4) is 0 Å². The van der Waals surface area contributed by atoms with Gasteiger partial charge < -0.3 is 21.1 Å². The number of rotatable bonds is 5. The zero-order valence-electron chi connectivity index (χ0n) is 14.4. The van der Waals surface area contributed by atoms with Gasteiger partial charge in [-0.05, 0) is 23.8 Å². The topological polar surface area (TPSA) is 112 Å². The number of hydrogen-bond acceptors (Lipinski definition) is 6. The Morgan fingerprint density at radius 3 is 2.50 bits per heavy atom. The van der Waals surface area contributed by atoms with Crippen molar-refractivity contribution < 1.29 is 14.3 Å². The molecule has 4 N–H and O–H groups in total. The van der Waals surface area contributed by atoms with Crippen LogP contribution in [-0.4, -0.2) is 35.8 Å². The van der Waals surface area contributed by atoms with Crippen LogP contribution in [0.1, 0.15) is 15.2 Å². The summed E-state index contributed by atoms with van der Waals surface area (Å²) < 4.78 is 5.91. The molecule has 0 aliphatic carbocycles. The van der Waals surface area contributed by atoms with E-state index >= 15 is 0 Å². The molecule has 1 aromatic carbocycles. The molecule has 7 nitrogen and oxygen atoms in total. The maximum atomic E-state index is 11.8. The molecule has 0 saturated carbocycles. The Hall–Kier alpha value is -3.13. The molecule has 0 unspecified atom stereocenters. The molecule has 0 atom stereocenters. The number of carbonyl (C=O) groups excluding carboxylic acids is 2. The van der Waals surface area contributed by atoms with Gasteiger partial charge in [0.15, 0.2) is 0 Å². The lowest BCUT2D eigenvalue weighted by molar-refractivity contribution is -0.127. The average molecular weight is 370 g/mol. The van der Waals surface area contributed by atoms with Crippen LogP contribution >= 0.6 is 11.3 Å². The van der Waals surface area contributed by atoms with Crippen molar-refractivity contribution in [2.75, 3.05) is 19.8 Å². The van der Waals surface area contributed by atoms with E-state index in [1.54, 1.807) is 43.4 Å². The molecule has 26 heavy (non-hydrogen) atoms. The monoisotopic (exact) mass is 370 g/mol. The molecule has 0 fully saturated rings. The fourth-order valence-electron chi connectivity index (χ4n) is 2.42. The number of anilines is 1. The van der Waals surface area contributed by atoms with E-state index in [9.17, 15) is 9.59 Å². The van der Waals surface area contributed by atoms with Gasteiger partial charge in [0.1, 0.15) is 21.2 Å². The molecule has 0 aliphatic rings. The minimum absolute atomic E-state index is 0.0274. The van der Waals surface area contributed by atoms with Crippen LogP contribution in [0.2, 0.25) is 0 Å². The van der Waals surface area contributed by atoms with Crippen molar-refractivity contribution in [1.29, 1.82) is 0 Å². The minimum Gasteiger partial charge on any atom is -0.456 e. The molecule has 8 heteroatoms. The summed E-state index contributed by atoms with van der Waals surface area (Å²) in [4.78, 5) is 29.9. The van der Waals surface area contributed by atoms with Crippen LogP contribution in [0.25, 0.3) is 10.2 Å². The van der Waals surface area contributed by atoms with Crippen molar-refractivity contribution in [3.63, 3.8) is 0 Å². The number of pyridine rings is 1. The highest BCUT2D eigenvalue weighted by Crippen LogP contribution is 2.39. The second-order valence-corrected chi connectivity index (χ2v) is 6.91. The van der Waals surface area contributed by atoms with Gasteiger partial charge >= 0.3 is 0 Å². The van der Waals surface area contributed by atoms with Gasteiger partial charge in [0.2, 0.25) is 5.91 Å². The van der Waals surface area contributed by atoms with Crippen molar-refractivity contribution in [3.8, 4) is 11.5 Å². The Morgan fingerprint density at radius 2 is 1.88 bits per heavy atom. The van der Waals surface area contributed by atoms with Crippen molar-refractivity contribution in [2.24, 2.45) is 5.73 Å². The number of nitrogens with zero attached hydrogens (tertiary/aromatic N) is 2. The smallest absolute Gasteiger partial charge is 0.260 e. The fourth-order valence-corrected chi connectivity index (χ4v) is 3.35. The normalized spacial score (nSPS) is 10.7. The van der Waals surface area contributed by atoms with Crippen molar-refractivity contribution >= 4 is 39.1 Å². The number of benzene rings is 1. The van der Waals surface area contributed by atoms with E-state index in [2.05, 4.69) is 4.98 Å². The number of hydrogen-bond donors (Lipinski definition) is 2. The zero-order valence-corrected chi connectivity index (χ0v) is 15.2. The van der Waals surface area contributed by atoms with Crippen LogP contribution < -0.4 is 16.2 Å². The van der Waals surface area contributed by atoms with Crippen LogP contribution in [0, 0.1) is 0 Å². The molecule has 0 aliphatic heterocycles. The molecule has 0 spiro atoms. The Bertz CT molecular complexity index is 980. The first kappa shape index (κ1) is 17.7. The number of carbonyl (C=O) groups is 2. The van der Waals surface area contributed by atoms with E-state index in [-0.39, 0.29) is 16.5 Å². The fraction of sp³-hybridized carbons (Fsp3) is 0.167. The Kier molecular flexibility index (Phi) is 4.77. The lowest BCUT2D eigenvalue weighted by Gasteiger charge is -2.11. The number of fused-ring (bicyclic) bond motifs is 1. The van der Waals surface area contributed by atoms with E-state index in [4.69, 9.17) is 16.2 Å². The predicted octanol–water partition coefficient (Wildman–Crippen LogP) is 2.40. The van der Waals surface area contributed by atoms with Crippen LogP contribution in [0.4, 0.5) is 5.69 Å². The molecule has 2 heterocycles. The van der Waals surface area contributed by atoms with E-state index in [0.717, 1.165) is 16.9 Å². The Labute approximate surface area is 154 Å². The van der Waals surface area contributed by atoms with Gasteiger partial charge in [-0.3, -0.25) is 9.59 Å². The molecule has 0 bridgehead atoms. The largest absolute Gasteiger partial charge is 0.456 e. The number of primary amides is 1. The van der Waals surface area contributed by atoms with Gasteiger partial charge in [-0.15, -0.1) is 11.3 Å². The summed E-state index contributed by atoms with van der Waals surface area (Å²) in [6, 6.07) is 8.91. The summed E-state index contributed by atoms with van der Waals surface area (Å²) in [6.07, 6.45) is 1.91. The number of nitrogen functional groups attached to an aromatic ring is 1. The molecular weight excluding hydrogens is 352 g/mol. The molecule has 0 radical (unpaired) electrons. The predicted molar refractivity (Wildman–Crippen MR) is 101 cm³/mol. The number of likely N-dealkylation sites (N-methyl/N-ethyl adjacent to an activating group) is 1. The summed E-state index contributed by atoms with van der Waals surface area (Å²) in [5.74, 6) is 0.518. The molecular formula is C18H18N4O3S. The van der Waals surface area contributed by atoms with E-state index < -0.39 is 5.91 Å². The third kappa shape index (κ3) is 3.45. The highest BCUT2D eigenvalue weighted by atomic mass is 32.1. The molecule has 134 valence electrons. The Morgan fingerprint density at radius 1 is 1.19 bits per heavy atom. The van der Waals surface area contributed by atoms with E-state index in [1.165, 1.54) is 0 Å². The average Bonchev–Trinajstić information content (AvgIpc) is 2.95. The first-order valence-corrected chi connectivity index (χ1v) is 8.62. The second-order valence-electron chi connectivity index (χ2n) is 5.91. The van der Waals surface area contributed by atoms with Gasteiger partial charge in [0.05, 0.1) is 17.5 Å². The summed E-state index contributed by atoms with van der Waals surface area (Å²) in [6.45, 7) is 0. The van der Waals surface area contributed by atoms with Crippen molar-refractivity contribution in [1.82, 2.24) is 9.88 Å². The summed E-state index contributed by atoms with van der Waals surface area (Å²) in [7, 11) is 3.44. The molecule has 2 amide bonds. The molecule has 0 saturated heterocycles. The van der Waals surface area contributed by atoms with E-state index in [0.29, 0.717) is 28.1 Å². The first-order valence-electron chi connectivity index (χ1n) is 7.80. The van der Waals surface area contributed by atoms with Gasteiger partial charge in [-0.25, -0.2) is 4.98 Å². The van der Waals surface area contributed by atoms with Gasteiger partial charge in [0.25, 0.3) is 5.91 Å². The third-order valence-electron chi connectivity index (χ3n) is 3.82. The number of thiophene rings is 1.